The molecular weight excluding hydrogens is 1260 g/mol. The number of phosphoric ester groups is 2. The van der Waals surface area contributed by atoms with Crippen molar-refractivity contribution in [3.63, 3.8) is 0 Å². The second-order valence-corrected chi connectivity index (χ2v) is 31.2. The summed E-state index contributed by atoms with van der Waals surface area (Å²) in [4.78, 5) is 72.8. The van der Waals surface area contributed by atoms with Gasteiger partial charge in [-0.1, -0.05) is 317 Å². The average Bonchev–Trinajstić information content (AvgIpc) is 1.52. The van der Waals surface area contributed by atoms with Crippen molar-refractivity contribution in [2.75, 3.05) is 39.6 Å². The first-order valence-electron chi connectivity index (χ1n) is 39.2. The van der Waals surface area contributed by atoms with Crippen LogP contribution in [0.2, 0.25) is 0 Å². The minimum absolute atomic E-state index is 0.0846. The van der Waals surface area contributed by atoms with Crippen molar-refractivity contribution in [2.45, 2.75) is 388 Å². The van der Waals surface area contributed by atoms with Gasteiger partial charge in [0.25, 0.3) is 0 Å². The molecule has 96 heavy (non-hydrogen) atoms. The van der Waals surface area contributed by atoms with Crippen molar-refractivity contribution in [2.24, 2.45) is 17.8 Å². The standard InChI is InChI=1S/C77H146O17P2/c1-8-10-11-12-13-14-15-16-17-21-26-32-37-46-53-60-76(81)93-72(64-87-74(79)58-51-44-36-31-28-23-24-29-34-41-48-55-68(3)4)66-91-95(83,84)89-62-71(78)63-90-96(85,86)92-67-73(65-88-75(80)59-52-45-40-39-42-49-56-69(5)6)94-77(82)61-54-47-38-33-27-22-19-18-20-25-30-35-43-50-57-70(7)9-2/h14-17,68-73,78H,8-13,18-67H2,1-7H3,(H,83,84)(H,85,86)/b15-14-,17-16-/t70?,71-,72-,73-/m1/s1. The second-order valence-electron chi connectivity index (χ2n) is 28.3. The third-order valence-electron chi connectivity index (χ3n) is 17.6. The first-order chi connectivity index (χ1) is 46.3. The zero-order valence-electron chi connectivity index (χ0n) is 62.3. The van der Waals surface area contributed by atoms with E-state index in [4.69, 9.17) is 37.0 Å². The molecule has 0 aliphatic rings. The highest BCUT2D eigenvalue weighted by Crippen LogP contribution is 2.45. The minimum atomic E-state index is -4.97. The Hall–Kier alpha value is -2.46. The fourth-order valence-corrected chi connectivity index (χ4v) is 12.8. The Morgan fingerprint density at radius 1 is 0.344 bits per heavy atom. The minimum Gasteiger partial charge on any atom is -0.462 e. The van der Waals surface area contributed by atoms with Gasteiger partial charge in [0, 0.05) is 25.7 Å². The lowest BCUT2D eigenvalue weighted by molar-refractivity contribution is -0.161. The van der Waals surface area contributed by atoms with E-state index in [2.05, 4.69) is 72.8 Å². The van der Waals surface area contributed by atoms with Crippen LogP contribution in [-0.2, 0) is 65.4 Å². The number of ether oxygens (including phenoxy) is 4. The van der Waals surface area contributed by atoms with Gasteiger partial charge in [-0.2, -0.15) is 0 Å². The fourth-order valence-electron chi connectivity index (χ4n) is 11.2. The van der Waals surface area contributed by atoms with Gasteiger partial charge < -0.3 is 33.8 Å². The van der Waals surface area contributed by atoms with E-state index in [1.54, 1.807) is 0 Å². The molecule has 0 radical (unpaired) electrons. The number of phosphoric acid groups is 2. The van der Waals surface area contributed by atoms with Gasteiger partial charge in [-0.05, 0) is 69.1 Å². The van der Waals surface area contributed by atoms with Crippen LogP contribution in [-0.4, -0.2) is 96.7 Å². The molecule has 0 saturated heterocycles. The monoisotopic (exact) mass is 1410 g/mol. The first kappa shape index (κ1) is 93.5. The molecule has 0 aromatic heterocycles. The van der Waals surface area contributed by atoms with Gasteiger partial charge in [0.1, 0.15) is 19.3 Å². The van der Waals surface area contributed by atoms with E-state index >= 15 is 0 Å². The maximum absolute atomic E-state index is 13.1. The van der Waals surface area contributed by atoms with Gasteiger partial charge in [-0.25, -0.2) is 9.13 Å². The molecule has 0 fully saturated rings. The molecule has 0 rings (SSSR count). The summed E-state index contributed by atoms with van der Waals surface area (Å²) in [6.07, 6.45) is 56.4. The van der Waals surface area contributed by atoms with Crippen molar-refractivity contribution >= 4 is 39.5 Å². The summed E-state index contributed by atoms with van der Waals surface area (Å²) in [5.41, 5.74) is 0. The molecule has 3 N–H and O–H groups in total. The average molecular weight is 1410 g/mol. The summed E-state index contributed by atoms with van der Waals surface area (Å²) in [5, 5.41) is 10.6. The van der Waals surface area contributed by atoms with E-state index in [0.717, 1.165) is 121 Å². The molecule has 3 unspecified atom stereocenters. The number of carbonyl (C=O) groups is 4. The number of rotatable bonds is 73. The van der Waals surface area contributed by atoms with Gasteiger partial charge in [0.15, 0.2) is 12.2 Å². The summed E-state index contributed by atoms with van der Waals surface area (Å²) < 4.78 is 68.5. The zero-order chi connectivity index (χ0) is 70.9. The molecule has 0 aliphatic carbocycles. The van der Waals surface area contributed by atoms with Crippen molar-refractivity contribution in [3.8, 4) is 0 Å². The van der Waals surface area contributed by atoms with Crippen molar-refractivity contribution in [1.82, 2.24) is 0 Å². The topological polar surface area (TPSA) is 237 Å². The number of allylic oxidation sites excluding steroid dienone is 4. The maximum Gasteiger partial charge on any atom is 0.472 e. The molecule has 0 aromatic carbocycles. The highest BCUT2D eigenvalue weighted by Gasteiger charge is 2.30. The van der Waals surface area contributed by atoms with Crippen LogP contribution in [0.1, 0.15) is 370 Å². The van der Waals surface area contributed by atoms with Crippen LogP contribution in [0, 0.1) is 17.8 Å². The predicted octanol–water partition coefficient (Wildman–Crippen LogP) is 22.1. The quantitative estimate of drug-likeness (QED) is 0.0169. The summed E-state index contributed by atoms with van der Waals surface area (Å²) in [6, 6.07) is 0. The molecule has 566 valence electrons. The molecule has 0 amide bonds. The smallest absolute Gasteiger partial charge is 0.462 e. The van der Waals surface area contributed by atoms with E-state index in [1.165, 1.54) is 161 Å². The molecule has 0 aromatic rings. The molecule has 0 spiro atoms. The molecular formula is C77H146O17P2. The van der Waals surface area contributed by atoms with Crippen LogP contribution in [0.4, 0.5) is 0 Å². The number of esters is 4. The lowest BCUT2D eigenvalue weighted by Gasteiger charge is -2.21. The SMILES string of the molecule is CCCCCC/C=C\C=C/CCCCCCCC(=O)O[C@H](COC(=O)CCCCCCCCCCCCCC(C)C)COP(=O)(O)OC[C@@H](O)COP(=O)(O)OC[C@@H](COC(=O)CCCCCCCCC(C)C)OC(=O)CCCCCCCCCCCCCCCCC(C)CC. The maximum atomic E-state index is 13.1. The Bertz CT molecular complexity index is 1970. The number of unbranched alkanes of at least 4 members (excludes halogenated alkanes) is 37. The highest BCUT2D eigenvalue weighted by atomic mass is 31.2. The molecule has 17 nitrogen and oxygen atoms in total. The molecule has 19 heteroatoms. The highest BCUT2D eigenvalue weighted by molar-refractivity contribution is 7.47. The normalized spacial score (nSPS) is 14.5. The van der Waals surface area contributed by atoms with Crippen LogP contribution in [0.25, 0.3) is 0 Å². The Morgan fingerprint density at radius 2 is 0.615 bits per heavy atom. The van der Waals surface area contributed by atoms with Gasteiger partial charge in [0.2, 0.25) is 0 Å². The number of aliphatic hydroxyl groups excluding tert-OH is 1. The lowest BCUT2D eigenvalue weighted by atomic mass is 9.99. The molecule has 0 aliphatic heterocycles. The van der Waals surface area contributed by atoms with Crippen LogP contribution in [0.5, 0.6) is 0 Å². The van der Waals surface area contributed by atoms with Crippen molar-refractivity contribution in [1.29, 1.82) is 0 Å². The predicted molar refractivity (Wildman–Crippen MR) is 390 cm³/mol. The molecule has 0 saturated carbocycles. The second kappa shape index (κ2) is 67.1. The molecule has 0 bridgehead atoms. The Morgan fingerprint density at radius 3 is 0.927 bits per heavy atom. The fraction of sp³-hybridized carbons (Fsp3) is 0.896. The largest absolute Gasteiger partial charge is 0.472 e. The van der Waals surface area contributed by atoms with E-state index in [1.807, 2.05) is 0 Å². The summed E-state index contributed by atoms with van der Waals surface area (Å²) in [7, 11) is -9.93. The van der Waals surface area contributed by atoms with Crippen molar-refractivity contribution < 1.29 is 80.2 Å². The van der Waals surface area contributed by atoms with Gasteiger partial charge in [-0.15, -0.1) is 0 Å². The molecule has 0 heterocycles. The van der Waals surface area contributed by atoms with Gasteiger partial charge in [-0.3, -0.25) is 37.3 Å². The van der Waals surface area contributed by atoms with E-state index in [-0.39, 0.29) is 25.7 Å². The summed E-state index contributed by atoms with van der Waals surface area (Å²) in [6.45, 7) is 11.8. The van der Waals surface area contributed by atoms with Crippen LogP contribution in [0.15, 0.2) is 24.3 Å². The number of aliphatic hydroxyl groups is 1. The third-order valence-corrected chi connectivity index (χ3v) is 19.5. The Labute approximate surface area is 586 Å². The van der Waals surface area contributed by atoms with Crippen LogP contribution in [0.3, 0.4) is 0 Å². The first-order valence-corrected chi connectivity index (χ1v) is 42.2. The van der Waals surface area contributed by atoms with E-state index in [9.17, 15) is 43.2 Å². The van der Waals surface area contributed by atoms with E-state index < -0.39 is 97.5 Å². The summed E-state index contributed by atoms with van der Waals surface area (Å²) >= 11 is 0. The number of hydrogen-bond donors (Lipinski definition) is 3. The zero-order valence-corrected chi connectivity index (χ0v) is 64.1. The lowest BCUT2D eigenvalue weighted by Crippen LogP contribution is -2.30. The van der Waals surface area contributed by atoms with Crippen molar-refractivity contribution in [3.05, 3.63) is 24.3 Å². The Balaban J connectivity index is 5.26. The number of hydrogen-bond acceptors (Lipinski definition) is 15. The van der Waals surface area contributed by atoms with Gasteiger partial charge >= 0.3 is 39.5 Å². The Kier molecular flexibility index (Phi) is 65.3. The van der Waals surface area contributed by atoms with Gasteiger partial charge in [0.05, 0.1) is 26.4 Å². The van der Waals surface area contributed by atoms with Crippen LogP contribution < -0.4 is 0 Å². The number of carbonyl (C=O) groups excluding carboxylic acids is 4. The third kappa shape index (κ3) is 68.7. The van der Waals surface area contributed by atoms with E-state index in [0.29, 0.717) is 31.6 Å². The molecule has 6 atom stereocenters. The van der Waals surface area contributed by atoms with Crippen LogP contribution >= 0.6 is 15.6 Å². The summed E-state index contributed by atoms with van der Waals surface area (Å²) in [5.74, 6) is 0.142.